The first-order chi connectivity index (χ1) is 11.6. The molecule has 0 N–H and O–H groups in total. The second-order valence-electron chi connectivity index (χ2n) is 6.68. The molecule has 0 saturated heterocycles. The molecule has 1 fully saturated rings. The standard InChI is InChI=1S/C22H24F2/c1-2-3-4-17-5-7-18(8-6-17)19-9-11-20(12-10-19)21-13-15-22(23,24)16-14-21/h3-12,21H,2,13-16H2,1H3/b4-3+. The molecule has 0 radical (unpaired) electrons. The van der Waals surface area contributed by atoms with Crippen LogP contribution in [-0.4, -0.2) is 5.92 Å². The molecule has 126 valence electrons. The van der Waals surface area contributed by atoms with E-state index in [4.69, 9.17) is 0 Å². The van der Waals surface area contributed by atoms with Crippen molar-refractivity contribution in [2.45, 2.75) is 50.9 Å². The highest BCUT2D eigenvalue weighted by Gasteiger charge is 2.35. The summed E-state index contributed by atoms with van der Waals surface area (Å²) in [6.07, 6.45) is 6.54. The van der Waals surface area contributed by atoms with Gasteiger partial charge in [0.05, 0.1) is 0 Å². The maximum Gasteiger partial charge on any atom is 0.248 e. The topological polar surface area (TPSA) is 0 Å². The van der Waals surface area contributed by atoms with Crippen LogP contribution in [0.5, 0.6) is 0 Å². The van der Waals surface area contributed by atoms with Gasteiger partial charge in [0.25, 0.3) is 0 Å². The molecule has 0 bridgehead atoms. The Bertz CT molecular complexity index is 671. The molecule has 2 aromatic carbocycles. The van der Waals surface area contributed by atoms with Crippen molar-refractivity contribution in [3.8, 4) is 11.1 Å². The monoisotopic (exact) mass is 326 g/mol. The first kappa shape index (κ1) is 16.9. The SMILES string of the molecule is CC/C=C/c1ccc(-c2ccc(C3CCC(F)(F)CC3)cc2)cc1. The number of hydrogen-bond acceptors (Lipinski definition) is 0. The van der Waals surface area contributed by atoms with Gasteiger partial charge >= 0.3 is 0 Å². The lowest BCUT2D eigenvalue weighted by Gasteiger charge is -2.28. The quantitative estimate of drug-likeness (QED) is 0.563. The van der Waals surface area contributed by atoms with E-state index in [0.29, 0.717) is 12.8 Å². The Labute approximate surface area is 143 Å². The summed E-state index contributed by atoms with van der Waals surface area (Å²) in [5.41, 5.74) is 4.76. The molecule has 0 nitrogen and oxygen atoms in total. The number of benzene rings is 2. The molecule has 1 aliphatic rings. The number of allylic oxidation sites excluding steroid dienone is 1. The maximum atomic E-state index is 13.3. The van der Waals surface area contributed by atoms with Crippen LogP contribution in [0, 0.1) is 0 Å². The van der Waals surface area contributed by atoms with Crippen LogP contribution >= 0.6 is 0 Å². The van der Waals surface area contributed by atoms with Crippen molar-refractivity contribution in [1.29, 1.82) is 0 Å². The molecule has 0 amide bonds. The second-order valence-corrected chi connectivity index (χ2v) is 6.68. The van der Waals surface area contributed by atoms with Crippen LogP contribution in [0.2, 0.25) is 0 Å². The van der Waals surface area contributed by atoms with Crippen molar-refractivity contribution in [2.75, 3.05) is 0 Å². The first-order valence-electron chi connectivity index (χ1n) is 8.82. The highest BCUT2D eigenvalue weighted by atomic mass is 19.3. The largest absolute Gasteiger partial charge is 0.248 e. The van der Waals surface area contributed by atoms with Crippen LogP contribution < -0.4 is 0 Å². The third kappa shape index (κ3) is 4.11. The van der Waals surface area contributed by atoms with Gasteiger partial charge < -0.3 is 0 Å². The summed E-state index contributed by atoms with van der Waals surface area (Å²) in [7, 11) is 0. The van der Waals surface area contributed by atoms with Gasteiger partial charge in [-0.25, -0.2) is 8.78 Å². The summed E-state index contributed by atoms with van der Waals surface area (Å²) < 4.78 is 26.6. The minimum absolute atomic E-state index is 0.0200. The minimum atomic E-state index is -2.45. The van der Waals surface area contributed by atoms with Crippen LogP contribution in [0.3, 0.4) is 0 Å². The number of alkyl halides is 2. The van der Waals surface area contributed by atoms with E-state index in [9.17, 15) is 8.78 Å². The average molecular weight is 326 g/mol. The fourth-order valence-corrected chi connectivity index (χ4v) is 3.36. The first-order valence-corrected chi connectivity index (χ1v) is 8.82. The Morgan fingerprint density at radius 2 is 1.46 bits per heavy atom. The molecule has 2 heteroatoms. The van der Waals surface area contributed by atoms with E-state index in [2.05, 4.69) is 67.6 Å². The molecular weight excluding hydrogens is 302 g/mol. The predicted molar refractivity (Wildman–Crippen MR) is 97.4 cm³/mol. The third-order valence-electron chi connectivity index (χ3n) is 4.89. The lowest BCUT2D eigenvalue weighted by Crippen LogP contribution is -2.23. The third-order valence-corrected chi connectivity index (χ3v) is 4.89. The van der Waals surface area contributed by atoms with Crippen molar-refractivity contribution in [1.82, 2.24) is 0 Å². The van der Waals surface area contributed by atoms with Crippen molar-refractivity contribution < 1.29 is 8.78 Å². The summed E-state index contributed by atoms with van der Waals surface area (Å²) in [6.45, 7) is 2.12. The van der Waals surface area contributed by atoms with Gasteiger partial charge in [0.1, 0.15) is 0 Å². The summed E-state index contributed by atoms with van der Waals surface area (Å²) >= 11 is 0. The van der Waals surface area contributed by atoms with Gasteiger partial charge in [-0.1, -0.05) is 67.6 Å². The van der Waals surface area contributed by atoms with Gasteiger partial charge in [0.2, 0.25) is 5.92 Å². The zero-order chi connectivity index (χ0) is 17.0. The van der Waals surface area contributed by atoms with Crippen molar-refractivity contribution in [3.63, 3.8) is 0 Å². The fraction of sp³-hybridized carbons (Fsp3) is 0.364. The van der Waals surface area contributed by atoms with Gasteiger partial charge in [0.15, 0.2) is 0 Å². The molecule has 1 saturated carbocycles. The lowest BCUT2D eigenvalue weighted by atomic mass is 9.82. The molecule has 0 atom stereocenters. The molecular formula is C22H24F2. The predicted octanol–water partition coefficient (Wildman–Crippen LogP) is 7.07. The van der Waals surface area contributed by atoms with Crippen LogP contribution in [0.25, 0.3) is 17.2 Å². The number of hydrogen-bond donors (Lipinski definition) is 0. The van der Waals surface area contributed by atoms with Crippen molar-refractivity contribution in [3.05, 3.63) is 65.7 Å². The molecule has 0 aliphatic heterocycles. The van der Waals surface area contributed by atoms with Crippen LogP contribution in [0.1, 0.15) is 56.1 Å². The smallest absolute Gasteiger partial charge is 0.207 e. The van der Waals surface area contributed by atoms with E-state index in [1.165, 1.54) is 22.3 Å². The van der Waals surface area contributed by atoms with Crippen LogP contribution in [0.4, 0.5) is 8.78 Å². The molecule has 0 aromatic heterocycles. The summed E-state index contributed by atoms with van der Waals surface area (Å²) in [4.78, 5) is 0. The molecule has 1 aliphatic carbocycles. The Balaban J connectivity index is 1.69. The zero-order valence-electron chi connectivity index (χ0n) is 14.1. The second kappa shape index (κ2) is 7.29. The Kier molecular flexibility index (Phi) is 5.13. The fourth-order valence-electron chi connectivity index (χ4n) is 3.36. The Morgan fingerprint density at radius 1 is 0.917 bits per heavy atom. The highest BCUT2D eigenvalue weighted by Crippen LogP contribution is 2.41. The van der Waals surface area contributed by atoms with Crippen molar-refractivity contribution >= 4 is 6.08 Å². The van der Waals surface area contributed by atoms with Crippen LogP contribution in [0.15, 0.2) is 54.6 Å². The zero-order valence-corrected chi connectivity index (χ0v) is 14.1. The van der Waals surface area contributed by atoms with E-state index in [1.807, 2.05) is 0 Å². The molecule has 0 heterocycles. The van der Waals surface area contributed by atoms with Gasteiger partial charge in [-0.05, 0) is 47.4 Å². The lowest BCUT2D eigenvalue weighted by molar-refractivity contribution is -0.0382. The van der Waals surface area contributed by atoms with E-state index in [0.717, 1.165) is 6.42 Å². The minimum Gasteiger partial charge on any atom is -0.207 e. The Morgan fingerprint density at radius 3 is 2.00 bits per heavy atom. The molecule has 3 rings (SSSR count). The van der Waals surface area contributed by atoms with E-state index in [1.54, 1.807) is 0 Å². The Hall–Kier alpha value is -1.96. The van der Waals surface area contributed by atoms with Crippen molar-refractivity contribution in [2.24, 2.45) is 0 Å². The number of halogens is 2. The van der Waals surface area contributed by atoms with Crippen LogP contribution in [-0.2, 0) is 0 Å². The van der Waals surface area contributed by atoms with E-state index < -0.39 is 5.92 Å². The molecule has 0 spiro atoms. The average Bonchev–Trinajstić information content (AvgIpc) is 2.61. The molecule has 2 aromatic rings. The van der Waals surface area contributed by atoms with Gasteiger partial charge in [-0.2, -0.15) is 0 Å². The summed E-state index contributed by atoms with van der Waals surface area (Å²) in [6, 6.07) is 16.9. The molecule has 24 heavy (non-hydrogen) atoms. The van der Waals surface area contributed by atoms with Gasteiger partial charge in [-0.15, -0.1) is 0 Å². The van der Waals surface area contributed by atoms with Gasteiger partial charge in [0, 0.05) is 12.8 Å². The number of rotatable bonds is 4. The van der Waals surface area contributed by atoms with Gasteiger partial charge in [-0.3, -0.25) is 0 Å². The maximum absolute atomic E-state index is 13.3. The summed E-state index contributed by atoms with van der Waals surface area (Å²) in [5, 5.41) is 0. The van der Waals surface area contributed by atoms with E-state index in [-0.39, 0.29) is 18.8 Å². The van der Waals surface area contributed by atoms with E-state index >= 15 is 0 Å². The summed E-state index contributed by atoms with van der Waals surface area (Å²) in [5.74, 6) is -2.18. The normalized spacial score (nSPS) is 18.1. The molecule has 0 unspecified atom stereocenters. The highest BCUT2D eigenvalue weighted by molar-refractivity contribution is 5.66.